The Hall–Kier alpha value is -3.29. The smallest absolute Gasteiger partial charge is 0.344 e. The van der Waals surface area contributed by atoms with E-state index in [4.69, 9.17) is 18.9 Å². The van der Waals surface area contributed by atoms with Crippen molar-refractivity contribution >= 4 is 11.9 Å². The third-order valence-electron chi connectivity index (χ3n) is 3.76. The average molecular weight is 375 g/mol. The quantitative estimate of drug-likeness (QED) is 0.747. The van der Waals surface area contributed by atoms with Crippen LogP contribution >= 0.6 is 0 Å². The van der Waals surface area contributed by atoms with Crippen LogP contribution in [0.5, 0.6) is 17.2 Å². The molecule has 0 aliphatic carbocycles. The van der Waals surface area contributed by atoms with Crippen LogP contribution in [0.1, 0.15) is 12.5 Å². The first kappa shape index (κ1) is 18.5. The molecule has 2 aromatic carbocycles. The van der Waals surface area contributed by atoms with Crippen molar-refractivity contribution in [3.63, 3.8) is 0 Å². The number of esters is 1. The van der Waals surface area contributed by atoms with Gasteiger partial charge < -0.3 is 24.3 Å². The minimum atomic E-state index is -1.02. The molecule has 1 N–H and O–H groups in total. The molecular formula is C19H18FNO6. The van der Waals surface area contributed by atoms with Gasteiger partial charge in [-0.15, -0.1) is 0 Å². The molecular weight excluding hydrogens is 357 g/mol. The highest BCUT2D eigenvalue weighted by Crippen LogP contribution is 2.32. The minimum Gasteiger partial charge on any atom is -0.479 e. The van der Waals surface area contributed by atoms with Crippen molar-refractivity contribution in [2.24, 2.45) is 0 Å². The lowest BCUT2D eigenvalue weighted by Crippen LogP contribution is -2.36. The molecule has 2 aromatic rings. The molecule has 1 atom stereocenters. The highest BCUT2D eigenvalue weighted by Gasteiger charge is 2.19. The maximum atomic E-state index is 13.4. The number of rotatable bonds is 7. The van der Waals surface area contributed by atoms with Crippen LogP contribution in [0.4, 0.5) is 4.39 Å². The summed E-state index contributed by atoms with van der Waals surface area (Å²) in [6.45, 7) is 1.35. The second-order valence-corrected chi connectivity index (χ2v) is 5.76. The van der Waals surface area contributed by atoms with Gasteiger partial charge in [0.15, 0.2) is 35.8 Å². The van der Waals surface area contributed by atoms with Crippen molar-refractivity contribution in [3.05, 3.63) is 53.8 Å². The number of fused-ring (bicyclic) bond motifs is 1. The number of hydrogen-bond donors (Lipinski definition) is 1. The van der Waals surface area contributed by atoms with E-state index in [1.165, 1.54) is 25.1 Å². The molecule has 0 saturated heterocycles. The SMILES string of the molecule is C[C@@H](OC(=O)COc1ccccc1F)C(=O)NCc1ccc2c(c1)OCO2. The lowest BCUT2D eigenvalue weighted by atomic mass is 10.2. The molecule has 27 heavy (non-hydrogen) atoms. The second kappa shape index (κ2) is 8.39. The Morgan fingerprint density at radius 3 is 2.78 bits per heavy atom. The fourth-order valence-corrected chi connectivity index (χ4v) is 2.37. The Morgan fingerprint density at radius 2 is 1.96 bits per heavy atom. The average Bonchev–Trinajstić information content (AvgIpc) is 3.13. The van der Waals surface area contributed by atoms with Crippen LogP contribution in [-0.2, 0) is 20.9 Å². The van der Waals surface area contributed by atoms with Gasteiger partial charge in [0.25, 0.3) is 5.91 Å². The zero-order chi connectivity index (χ0) is 19.2. The van der Waals surface area contributed by atoms with E-state index in [1.807, 2.05) is 0 Å². The number of hydrogen-bond acceptors (Lipinski definition) is 6. The Kier molecular flexibility index (Phi) is 5.75. The lowest BCUT2D eigenvalue weighted by Gasteiger charge is -2.14. The van der Waals surface area contributed by atoms with E-state index in [9.17, 15) is 14.0 Å². The van der Waals surface area contributed by atoms with Crippen molar-refractivity contribution in [3.8, 4) is 17.2 Å². The summed E-state index contributed by atoms with van der Waals surface area (Å²) in [4.78, 5) is 23.8. The number of nitrogens with one attached hydrogen (secondary N) is 1. The van der Waals surface area contributed by atoms with E-state index < -0.39 is 30.4 Å². The number of ether oxygens (including phenoxy) is 4. The van der Waals surface area contributed by atoms with Crippen molar-refractivity contribution in [1.82, 2.24) is 5.32 Å². The number of carbonyl (C=O) groups excluding carboxylic acids is 2. The van der Waals surface area contributed by atoms with Gasteiger partial charge in [-0.3, -0.25) is 4.79 Å². The molecule has 7 nitrogen and oxygen atoms in total. The predicted octanol–water partition coefficient (Wildman–Crippen LogP) is 2.18. The maximum Gasteiger partial charge on any atom is 0.344 e. The molecule has 0 bridgehead atoms. The summed E-state index contributed by atoms with van der Waals surface area (Å²) in [6, 6.07) is 11.0. The van der Waals surface area contributed by atoms with Crippen LogP contribution in [0.25, 0.3) is 0 Å². The molecule has 8 heteroatoms. The van der Waals surface area contributed by atoms with Gasteiger partial charge in [0.2, 0.25) is 6.79 Å². The predicted molar refractivity (Wildman–Crippen MR) is 91.9 cm³/mol. The van der Waals surface area contributed by atoms with E-state index in [0.717, 1.165) is 5.56 Å². The fraction of sp³-hybridized carbons (Fsp3) is 0.263. The maximum absolute atomic E-state index is 13.4. The largest absolute Gasteiger partial charge is 0.479 e. The van der Waals surface area contributed by atoms with Gasteiger partial charge >= 0.3 is 5.97 Å². The normalized spacial score (nSPS) is 13.0. The van der Waals surface area contributed by atoms with Crippen LogP contribution < -0.4 is 19.5 Å². The molecule has 0 spiro atoms. The van der Waals surface area contributed by atoms with E-state index in [2.05, 4.69) is 5.32 Å². The van der Waals surface area contributed by atoms with Gasteiger partial charge in [-0.05, 0) is 36.8 Å². The van der Waals surface area contributed by atoms with Crippen LogP contribution in [0.3, 0.4) is 0 Å². The summed E-state index contributed by atoms with van der Waals surface area (Å²) < 4.78 is 33.9. The molecule has 1 amide bonds. The van der Waals surface area contributed by atoms with Crippen LogP contribution in [0.2, 0.25) is 0 Å². The lowest BCUT2D eigenvalue weighted by molar-refractivity contribution is -0.156. The van der Waals surface area contributed by atoms with E-state index >= 15 is 0 Å². The molecule has 1 heterocycles. The summed E-state index contributed by atoms with van der Waals surface area (Å²) in [7, 11) is 0. The van der Waals surface area contributed by atoms with Crippen LogP contribution in [0, 0.1) is 5.82 Å². The third kappa shape index (κ3) is 4.87. The summed E-state index contributed by atoms with van der Waals surface area (Å²) in [6.07, 6.45) is -1.02. The summed E-state index contributed by atoms with van der Waals surface area (Å²) in [5, 5.41) is 2.66. The Labute approximate surface area is 155 Å². The van der Waals surface area contributed by atoms with Gasteiger partial charge in [0, 0.05) is 6.54 Å². The molecule has 0 saturated carbocycles. The molecule has 1 aliphatic heterocycles. The molecule has 3 rings (SSSR count). The number of halogens is 1. The van der Waals surface area contributed by atoms with Crippen molar-refractivity contribution in [1.29, 1.82) is 0 Å². The van der Waals surface area contributed by atoms with Gasteiger partial charge in [-0.2, -0.15) is 0 Å². The molecule has 1 aliphatic rings. The second-order valence-electron chi connectivity index (χ2n) is 5.76. The number of benzene rings is 2. The Morgan fingerprint density at radius 1 is 1.19 bits per heavy atom. The number of carbonyl (C=O) groups is 2. The van der Waals surface area contributed by atoms with Crippen molar-refractivity contribution < 1.29 is 32.9 Å². The zero-order valence-electron chi connectivity index (χ0n) is 14.6. The molecule has 0 radical (unpaired) electrons. The summed E-state index contributed by atoms with van der Waals surface area (Å²) >= 11 is 0. The third-order valence-corrected chi connectivity index (χ3v) is 3.76. The zero-order valence-corrected chi connectivity index (χ0v) is 14.6. The van der Waals surface area contributed by atoms with E-state index in [0.29, 0.717) is 11.5 Å². The van der Waals surface area contributed by atoms with E-state index in [1.54, 1.807) is 24.3 Å². The minimum absolute atomic E-state index is 0.0608. The molecule has 0 unspecified atom stereocenters. The first-order valence-corrected chi connectivity index (χ1v) is 8.26. The van der Waals surface area contributed by atoms with Gasteiger partial charge in [-0.25, -0.2) is 9.18 Å². The highest BCUT2D eigenvalue weighted by atomic mass is 19.1. The fourth-order valence-electron chi connectivity index (χ4n) is 2.37. The highest BCUT2D eigenvalue weighted by molar-refractivity contribution is 5.83. The molecule has 142 valence electrons. The first-order chi connectivity index (χ1) is 13.0. The van der Waals surface area contributed by atoms with Crippen LogP contribution in [-0.4, -0.2) is 31.4 Å². The first-order valence-electron chi connectivity index (χ1n) is 8.26. The number of para-hydroxylation sites is 1. The van der Waals surface area contributed by atoms with Crippen molar-refractivity contribution in [2.75, 3.05) is 13.4 Å². The van der Waals surface area contributed by atoms with Gasteiger partial charge in [0.05, 0.1) is 0 Å². The number of amides is 1. The molecule has 0 aromatic heterocycles. The summed E-state index contributed by atoms with van der Waals surface area (Å²) in [5.41, 5.74) is 0.814. The monoisotopic (exact) mass is 375 g/mol. The van der Waals surface area contributed by atoms with Crippen molar-refractivity contribution in [2.45, 2.75) is 19.6 Å². The van der Waals surface area contributed by atoms with E-state index in [-0.39, 0.29) is 19.1 Å². The molecule has 0 fully saturated rings. The van der Waals surface area contributed by atoms with Gasteiger partial charge in [0.1, 0.15) is 0 Å². The standard InChI is InChI=1S/C19H18FNO6/c1-12(27-18(22)10-24-15-5-3-2-4-14(15)20)19(23)21-9-13-6-7-16-17(8-13)26-11-25-16/h2-8,12H,9-11H2,1H3,(H,21,23)/t12-/m1/s1. The Balaban J connectivity index is 1.43. The van der Waals surface area contributed by atoms with Gasteiger partial charge in [-0.1, -0.05) is 18.2 Å². The summed E-state index contributed by atoms with van der Waals surface area (Å²) in [5.74, 6) is -0.612. The Bertz CT molecular complexity index is 841. The topological polar surface area (TPSA) is 83.1 Å². The van der Waals surface area contributed by atoms with Crippen LogP contribution in [0.15, 0.2) is 42.5 Å².